The topological polar surface area (TPSA) is 46.3 Å². The fourth-order valence-corrected chi connectivity index (χ4v) is 2.96. The number of fused-ring (bicyclic) bond motifs is 1. The minimum atomic E-state index is 0.187. The van der Waals surface area contributed by atoms with Gasteiger partial charge in [0.25, 0.3) is 0 Å². The van der Waals surface area contributed by atoms with Gasteiger partial charge in [-0.05, 0) is 34.7 Å². The van der Waals surface area contributed by atoms with Crippen LogP contribution in [0.4, 0.5) is 5.69 Å². The average Bonchev–Trinajstić information content (AvgIpc) is 2.96. The highest BCUT2D eigenvalue weighted by Crippen LogP contribution is 2.25. The molecule has 0 radical (unpaired) electrons. The smallest absolute Gasteiger partial charge is 0.228 e. The maximum atomic E-state index is 12.2. The normalized spacial score (nSPS) is 13.7. The lowest BCUT2D eigenvalue weighted by Gasteiger charge is -2.14. The Hall–Kier alpha value is -1.81. The molecule has 2 aromatic rings. The average molecular weight is 258 g/mol. The van der Waals surface area contributed by atoms with Crippen LogP contribution in [0.1, 0.15) is 16.0 Å². The minimum absolute atomic E-state index is 0.187. The number of anilines is 1. The van der Waals surface area contributed by atoms with Crippen molar-refractivity contribution in [3.8, 4) is 0 Å². The van der Waals surface area contributed by atoms with E-state index in [-0.39, 0.29) is 5.91 Å². The number of nitrogen functional groups attached to an aromatic ring is 1. The maximum absolute atomic E-state index is 12.2. The van der Waals surface area contributed by atoms with E-state index in [0.29, 0.717) is 19.5 Å². The first-order valence-electron chi connectivity index (χ1n) is 5.90. The van der Waals surface area contributed by atoms with Crippen molar-refractivity contribution in [1.29, 1.82) is 0 Å². The summed E-state index contributed by atoms with van der Waals surface area (Å²) >= 11 is 1.63. The highest BCUT2D eigenvalue weighted by Gasteiger charge is 2.23. The van der Waals surface area contributed by atoms with E-state index >= 15 is 0 Å². The number of carbonyl (C=O) groups is 1. The van der Waals surface area contributed by atoms with Crippen molar-refractivity contribution in [3.63, 3.8) is 0 Å². The van der Waals surface area contributed by atoms with Crippen molar-refractivity contribution in [1.82, 2.24) is 4.90 Å². The Morgan fingerprint density at radius 1 is 1.28 bits per heavy atom. The van der Waals surface area contributed by atoms with E-state index < -0.39 is 0 Å². The van der Waals surface area contributed by atoms with E-state index in [1.807, 2.05) is 40.6 Å². The number of nitrogens with zero attached hydrogens (tertiary/aromatic N) is 1. The molecule has 1 amide bonds. The predicted octanol–water partition coefficient (Wildman–Crippen LogP) is 2.42. The van der Waals surface area contributed by atoms with Gasteiger partial charge in [0.05, 0.1) is 6.42 Å². The maximum Gasteiger partial charge on any atom is 0.228 e. The summed E-state index contributed by atoms with van der Waals surface area (Å²) in [5.74, 6) is 0.187. The first-order chi connectivity index (χ1) is 8.72. The monoisotopic (exact) mass is 258 g/mol. The minimum Gasteiger partial charge on any atom is -0.399 e. The van der Waals surface area contributed by atoms with Crippen LogP contribution >= 0.6 is 11.3 Å². The first kappa shape index (κ1) is 11.3. The third-order valence-electron chi connectivity index (χ3n) is 3.21. The number of benzene rings is 1. The van der Waals surface area contributed by atoms with Gasteiger partial charge in [0, 0.05) is 23.7 Å². The lowest BCUT2D eigenvalue weighted by molar-refractivity contribution is -0.131. The summed E-state index contributed by atoms with van der Waals surface area (Å²) in [6, 6.07) is 9.86. The predicted molar refractivity (Wildman–Crippen MR) is 73.1 cm³/mol. The van der Waals surface area contributed by atoms with Crippen LogP contribution in [0.2, 0.25) is 0 Å². The van der Waals surface area contributed by atoms with Crippen LogP contribution in [0, 0.1) is 0 Å². The van der Waals surface area contributed by atoms with Crippen molar-refractivity contribution in [2.45, 2.75) is 19.5 Å². The van der Waals surface area contributed by atoms with E-state index in [0.717, 1.165) is 10.6 Å². The summed E-state index contributed by atoms with van der Waals surface area (Å²) in [7, 11) is 0. The van der Waals surface area contributed by atoms with Crippen LogP contribution in [0.3, 0.4) is 0 Å². The van der Waals surface area contributed by atoms with E-state index in [9.17, 15) is 4.79 Å². The molecule has 18 heavy (non-hydrogen) atoms. The van der Waals surface area contributed by atoms with Gasteiger partial charge in [-0.15, -0.1) is 11.3 Å². The number of hydrogen-bond donors (Lipinski definition) is 1. The molecule has 0 spiro atoms. The SMILES string of the molecule is Nc1ccc2c(c1)CN(C(=O)Cc1cccs1)C2. The zero-order valence-corrected chi connectivity index (χ0v) is 10.7. The molecule has 1 aliphatic heterocycles. The van der Waals surface area contributed by atoms with Crippen LogP contribution < -0.4 is 5.73 Å². The number of rotatable bonds is 2. The number of carbonyl (C=O) groups excluding carboxylic acids is 1. The highest BCUT2D eigenvalue weighted by atomic mass is 32.1. The lowest BCUT2D eigenvalue weighted by Crippen LogP contribution is -2.26. The van der Waals surface area contributed by atoms with Gasteiger partial charge in [-0.2, -0.15) is 0 Å². The summed E-state index contributed by atoms with van der Waals surface area (Å²) in [4.78, 5) is 15.2. The second kappa shape index (κ2) is 4.46. The molecule has 0 atom stereocenters. The van der Waals surface area contributed by atoms with Crippen molar-refractivity contribution in [2.24, 2.45) is 0 Å². The Balaban J connectivity index is 1.72. The van der Waals surface area contributed by atoms with Crippen molar-refractivity contribution in [2.75, 3.05) is 5.73 Å². The molecular weight excluding hydrogens is 244 g/mol. The van der Waals surface area contributed by atoms with Gasteiger partial charge in [0.1, 0.15) is 0 Å². The summed E-state index contributed by atoms with van der Waals surface area (Å²) in [5, 5.41) is 2.00. The molecule has 3 rings (SSSR count). The Morgan fingerprint density at radius 3 is 2.89 bits per heavy atom. The molecule has 2 heterocycles. The van der Waals surface area contributed by atoms with E-state index in [1.165, 1.54) is 11.1 Å². The molecule has 0 saturated heterocycles. The second-order valence-electron chi connectivity index (χ2n) is 4.53. The van der Waals surface area contributed by atoms with Gasteiger partial charge in [-0.25, -0.2) is 0 Å². The fraction of sp³-hybridized carbons (Fsp3) is 0.214. The van der Waals surface area contributed by atoms with Gasteiger partial charge in [0.15, 0.2) is 0 Å². The number of amides is 1. The third kappa shape index (κ3) is 2.11. The summed E-state index contributed by atoms with van der Waals surface area (Å²) in [6.07, 6.45) is 0.501. The molecule has 1 aromatic heterocycles. The molecule has 3 nitrogen and oxygen atoms in total. The Bertz CT molecular complexity index is 577. The zero-order chi connectivity index (χ0) is 12.5. The van der Waals surface area contributed by atoms with Gasteiger partial charge in [-0.1, -0.05) is 12.1 Å². The zero-order valence-electron chi connectivity index (χ0n) is 9.93. The summed E-state index contributed by atoms with van der Waals surface area (Å²) < 4.78 is 0. The molecule has 0 saturated carbocycles. The van der Waals surface area contributed by atoms with Crippen molar-refractivity contribution < 1.29 is 4.79 Å². The van der Waals surface area contributed by atoms with E-state index in [2.05, 4.69) is 0 Å². The molecule has 0 aliphatic carbocycles. The molecule has 0 fully saturated rings. The second-order valence-corrected chi connectivity index (χ2v) is 5.57. The molecule has 92 valence electrons. The fourth-order valence-electron chi connectivity index (χ4n) is 2.26. The Labute approximate surface area is 110 Å². The van der Waals surface area contributed by atoms with Crippen LogP contribution in [0.5, 0.6) is 0 Å². The quantitative estimate of drug-likeness (QED) is 0.841. The molecule has 0 unspecified atom stereocenters. The molecule has 4 heteroatoms. The first-order valence-corrected chi connectivity index (χ1v) is 6.78. The van der Waals surface area contributed by atoms with Crippen LogP contribution in [0.15, 0.2) is 35.7 Å². The summed E-state index contributed by atoms with van der Waals surface area (Å²) in [5.41, 5.74) is 8.91. The highest BCUT2D eigenvalue weighted by molar-refractivity contribution is 7.10. The standard InChI is InChI=1S/C14H14N2OS/c15-12-4-3-10-8-16(9-11(10)6-12)14(17)7-13-2-1-5-18-13/h1-6H,7-9,15H2. The largest absolute Gasteiger partial charge is 0.399 e. The Kier molecular flexibility index (Phi) is 2.80. The van der Waals surface area contributed by atoms with Gasteiger partial charge in [0.2, 0.25) is 5.91 Å². The third-order valence-corrected chi connectivity index (χ3v) is 4.09. The van der Waals surface area contributed by atoms with E-state index in [4.69, 9.17) is 5.73 Å². The molecule has 1 aliphatic rings. The molecular formula is C14H14N2OS. The number of thiophene rings is 1. The van der Waals surface area contributed by atoms with Crippen LogP contribution in [-0.4, -0.2) is 10.8 Å². The van der Waals surface area contributed by atoms with Gasteiger partial charge in [-0.3, -0.25) is 4.79 Å². The van der Waals surface area contributed by atoms with E-state index in [1.54, 1.807) is 11.3 Å². The lowest BCUT2D eigenvalue weighted by atomic mass is 10.1. The van der Waals surface area contributed by atoms with Crippen molar-refractivity contribution in [3.05, 3.63) is 51.7 Å². The van der Waals surface area contributed by atoms with Crippen LogP contribution in [0.25, 0.3) is 0 Å². The Morgan fingerprint density at radius 2 is 2.11 bits per heavy atom. The number of hydrogen-bond acceptors (Lipinski definition) is 3. The molecule has 1 aromatic carbocycles. The molecule has 0 bridgehead atoms. The molecule has 2 N–H and O–H groups in total. The van der Waals surface area contributed by atoms with Gasteiger partial charge >= 0.3 is 0 Å². The van der Waals surface area contributed by atoms with Crippen molar-refractivity contribution >= 4 is 22.9 Å². The summed E-state index contributed by atoms with van der Waals surface area (Å²) in [6.45, 7) is 1.39. The van der Waals surface area contributed by atoms with Crippen LogP contribution in [-0.2, 0) is 24.3 Å². The number of nitrogens with two attached hydrogens (primary N) is 1. The van der Waals surface area contributed by atoms with Gasteiger partial charge < -0.3 is 10.6 Å².